The summed E-state index contributed by atoms with van der Waals surface area (Å²) in [7, 11) is 0. The first-order valence-electron chi connectivity index (χ1n) is 12.4. The van der Waals surface area contributed by atoms with Crippen LogP contribution in [0.25, 0.3) is 0 Å². The second-order valence-corrected chi connectivity index (χ2v) is 10.4. The molecule has 5 rings (SSSR count). The summed E-state index contributed by atoms with van der Waals surface area (Å²) in [4.78, 5) is 13.7. The number of carbonyl (C=O) groups is 1. The number of carbonyl (C=O) groups excluding carboxylic acids is 1. The van der Waals surface area contributed by atoms with E-state index in [-0.39, 0.29) is 19.8 Å². The lowest BCUT2D eigenvalue weighted by Gasteiger charge is -2.43. The Morgan fingerprint density at radius 3 is 2.22 bits per heavy atom. The van der Waals surface area contributed by atoms with Gasteiger partial charge in [0.15, 0.2) is 23.8 Å². The van der Waals surface area contributed by atoms with Gasteiger partial charge in [-0.15, -0.1) is 0 Å². The van der Waals surface area contributed by atoms with Crippen LogP contribution < -0.4 is 0 Å². The third kappa shape index (κ3) is 5.49. The Morgan fingerprint density at radius 2 is 1.58 bits per heavy atom. The van der Waals surface area contributed by atoms with Crippen LogP contribution in [0.4, 0.5) is 0 Å². The summed E-state index contributed by atoms with van der Waals surface area (Å²) < 4.78 is 42.7. The molecule has 8 heteroatoms. The van der Waals surface area contributed by atoms with Crippen LogP contribution in [0, 0.1) is 0 Å². The molecule has 0 amide bonds. The van der Waals surface area contributed by atoms with Gasteiger partial charge in [-0.3, -0.25) is 0 Å². The fourth-order valence-electron chi connectivity index (χ4n) is 4.93. The summed E-state index contributed by atoms with van der Waals surface area (Å²) in [5.74, 6) is -3.58. The highest BCUT2D eigenvalue weighted by molar-refractivity contribution is 5.75. The van der Waals surface area contributed by atoms with E-state index < -0.39 is 47.7 Å². The van der Waals surface area contributed by atoms with Crippen LogP contribution in [0.5, 0.6) is 0 Å². The van der Waals surface area contributed by atoms with Crippen LogP contribution in [-0.4, -0.2) is 61.0 Å². The number of fused-ring (bicyclic) bond motifs is 1. The van der Waals surface area contributed by atoms with Crippen LogP contribution in [0.3, 0.4) is 0 Å². The highest BCUT2D eigenvalue weighted by Gasteiger charge is 2.64. The average molecular weight is 499 g/mol. The van der Waals surface area contributed by atoms with Crippen molar-refractivity contribution in [2.45, 2.75) is 82.5 Å². The first-order chi connectivity index (χ1) is 17.1. The standard InChI is InChI=1S/C28H34O8/c1-26(2)32-18-28(36-26)24(23-22(17-31-28)34-27(3,4)35-23)33-25(29)21(15-19-11-7-5-8-12-19)30-16-20-13-9-6-10-14-20/h5-14,21-24H,15-18H2,1-4H3/t21-,22-,23-,24+,28+/m1/s1. The summed E-state index contributed by atoms with van der Waals surface area (Å²) in [5.41, 5.74) is 1.92. The molecule has 36 heavy (non-hydrogen) atoms. The molecule has 2 aromatic rings. The van der Waals surface area contributed by atoms with Crippen molar-refractivity contribution in [3.05, 3.63) is 71.8 Å². The van der Waals surface area contributed by atoms with Crippen LogP contribution in [0.15, 0.2) is 60.7 Å². The van der Waals surface area contributed by atoms with E-state index in [4.69, 9.17) is 33.2 Å². The molecule has 3 saturated heterocycles. The molecule has 194 valence electrons. The van der Waals surface area contributed by atoms with Crippen LogP contribution in [0.1, 0.15) is 38.8 Å². The van der Waals surface area contributed by atoms with E-state index in [0.717, 1.165) is 11.1 Å². The number of hydrogen-bond acceptors (Lipinski definition) is 8. The molecule has 3 aliphatic rings. The van der Waals surface area contributed by atoms with Gasteiger partial charge >= 0.3 is 5.97 Å². The summed E-state index contributed by atoms with van der Waals surface area (Å²) >= 11 is 0. The van der Waals surface area contributed by atoms with E-state index in [2.05, 4.69) is 0 Å². The van der Waals surface area contributed by atoms with Crippen molar-refractivity contribution < 1.29 is 38.0 Å². The smallest absolute Gasteiger partial charge is 0.336 e. The van der Waals surface area contributed by atoms with Gasteiger partial charge in [-0.25, -0.2) is 4.79 Å². The van der Waals surface area contributed by atoms with Gasteiger partial charge in [-0.1, -0.05) is 60.7 Å². The number of benzene rings is 2. The number of esters is 1. The van der Waals surface area contributed by atoms with Crippen molar-refractivity contribution in [3.8, 4) is 0 Å². The van der Waals surface area contributed by atoms with Gasteiger partial charge in [0.2, 0.25) is 5.79 Å². The van der Waals surface area contributed by atoms with Crippen molar-refractivity contribution in [2.24, 2.45) is 0 Å². The minimum absolute atomic E-state index is 0.0964. The summed E-state index contributed by atoms with van der Waals surface area (Å²) in [5, 5.41) is 0. The molecule has 0 N–H and O–H groups in total. The monoisotopic (exact) mass is 498 g/mol. The zero-order chi connectivity index (χ0) is 25.4. The predicted octanol–water partition coefficient (Wildman–Crippen LogP) is 3.76. The van der Waals surface area contributed by atoms with Crippen molar-refractivity contribution in [2.75, 3.05) is 13.2 Å². The fraction of sp³-hybridized carbons (Fsp3) is 0.536. The Morgan fingerprint density at radius 1 is 0.917 bits per heavy atom. The summed E-state index contributed by atoms with van der Waals surface area (Å²) in [6.07, 6.45) is -2.40. The van der Waals surface area contributed by atoms with E-state index in [1.165, 1.54) is 0 Å². The highest BCUT2D eigenvalue weighted by Crippen LogP contribution is 2.45. The molecule has 0 aromatic heterocycles. The molecule has 0 radical (unpaired) electrons. The molecule has 0 unspecified atom stereocenters. The molecule has 2 aromatic carbocycles. The van der Waals surface area contributed by atoms with Crippen molar-refractivity contribution in [1.82, 2.24) is 0 Å². The first kappa shape index (κ1) is 25.3. The lowest BCUT2D eigenvalue weighted by molar-refractivity contribution is -0.329. The van der Waals surface area contributed by atoms with Gasteiger partial charge in [0.05, 0.1) is 13.2 Å². The molecular formula is C28H34O8. The van der Waals surface area contributed by atoms with Crippen LogP contribution >= 0.6 is 0 Å². The Bertz CT molecular complexity index is 1040. The van der Waals surface area contributed by atoms with Crippen molar-refractivity contribution >= 4 is 5.97 Å². The third-order valence-electron chi connectivity index (χ3n) is 6.55. The van der Waals surface area contributed by atoms with Crippen LogP contribution in [-0.2, 0) is 51.0 Å². The molecule has 3 aliphatic heterocycles. The Balaban J connectivity index is 1.39. The molecule has 0 saturated carbocycles. The van der Waals surface area contributed by atoms with E-state index in [1.54, 1.807) is 13.8 Å². The van der Waals surface area contributed by atoms with Gasteiger partial charge in [0.25, 0.3) is 0 Å². The number of hydrogen-bond donors (Lipinski definition) is 0. The second kappa shape index (κ2) is 9.85. The van der Waals surface area contributed by atoms with E-state index in [1.807, 2.05) is 74.5 Å². The SMILES string of the molecule is CC1(C)O[C@@H]2[C@@H](CO[C@]3(COC(C)(C)O3)[C@H]2OC(=O)[C@@H](Cc2ccccc2)OCc2ccccc2)O1. The predicted molar refractivity (Wildman–Crippen MR) is 129 cm³/mol. The van der Waals surface area contributed by atoms with Crippen LogP contribution in [0.2, 0.25) is 0 Å². The Hall–Kier alpha value is -2.33. The molecule has 3 heterocycles. The van der Waals surface area contributed by atoms with Gasteiger partial charge in [0, 0.05) is 6.42 Å². The molecule has 5 atom stereocenters. The molecule has 8 nitrogen and oxygen atoms in total. The largest absolute Gasteiger partial charge is 0.452 e. The Labute approximate surface area is 211 Å². The van der Waals surface area contributed by atoms with Gasteiger partial charge < -0.3 is 33.2 Å². The third-order valence-corrected chi connectivity index (χ3v) is 6.55. The zero-order valence-corrected chi connectivity index (χ0v) is 21.2. The molecule has 3 fully saturated rings. The molecule has 0 aliphatic carbocycles. The highest BCUT2D eigenvalue weighted by atomic mass is 16.9. The lowest BCUT2D eigenvalue weighted by Crippen LogP contribution is -2.63. The van der Waals surface area contributed by atoms with Gasteiger partial charge in [-0.05, 0) is 38.8 Å². The van der Waals surface area contributed by atoms with E-state index >= 15 is 0 Å². The topological polar surface area (TPSA) is 81.7 Å². The maximum atomic E-state index is 13.7. The van der Waals surface area contributed by atoms with Gasteiger partial charge in [-0.2, -0.15) is 0 Å². The van der Waals surface area contributed by atoms with E-state index in [9.17, 15) is 4.79 Å². The van der Waals surface area contributed by atoms with Gasteiger partial charge in [0.1, 0.15) is 18.8 Å². The molecule has 0 bridgehead atoms. The quantitative estimate of drug-likeness (QED) is 0.534. The van der Waals surface area contributed by atoms with Crippen molar-refractivity contribution in [1.29, 1.82) is 0 Å². The number of rotatable bonds is 7. The summed E-state index contributed by atoms with van der Waals surface area (Å²) in [6, 6.07) is 19.4. The normalized spacial score (nSPS) is 31.2. The molecule has 1 spiro atoms. The average Bonchev–Trinajstić information content (AvgIpc) is 3.34. The maximum Gasteiger partial charge on any atom is 0.336 e. The zero-order valence-electron chi connectivity index (χ0n) is 21.2. The fourth-order valence-corrected chi connectivity index (χ4v) is 4.93. The van der Waals surface area contributed by atoms with E-state index in [0.29, 0.717) is 6.42 Å². The number of ether oxygens (including phenoxy) is 7. The maximum absolute atomic E-state index is 13.7. The second-order valence-electron chi connectivity index (χ2n) is 10.4. The van der Waals surface area contributed by atoms with Crippen molar-refractivity contribution in [3.63, 3.8) is 0 Å². The minimum Gasteiger partial charge on any atom is -0.452 e. The minimum atomic E-state index is -1.30. The lowest BCUT2D eigenvalue weighted by atomic mass is 9.97. The Kier molecular flexibility index (Phi) is 6.93. The first-order valence-corrected chi connectivity index (χ1v) is 12.4. The summed E-state index contributed by atoms with van der Waals surface area (Å²) in [6.45, 7) is 7.85. The molecular weight excluding hydrogens is 464 g/mol.